The molecule has 0 bridgehead atoms. The summed E-state index contributed by atoms with van der Waals surface area (Å²) in [6, 6.07) is 7.95. The second-order valence-corrected chi connectivity index (χ2v) is 7.88. The highest BCUT2D eigenvalue weighted by Gasteiger charge is 2.45. The zero-order chi connectivity index (χ0) is 23.4. The summed E-state index contributed by atoms with van der Waals surface area (Å²) >= 11 is 0. The number of rotatable bonds is 7. The molecule has 2 aliphatic rings. The van der Waals surface area contributed by atoms with Gasteiger partial charge in [0.05, 0.1) is 29.8 Å². The number of morpholine rings is 1. The lowest BCUT2D eigenvalue weighted by atomic mass is 9.95. The second-order valence-electron chi connectivity index (χ2n) is 7.88. The molecular weight excluding hydrogens is 428 g/mol. The monoisotopic (exact) mass is 452 g/mol. The van der Waals surface area contributed by atoms with Crippen molar-refractivity contribution in [1.29, 1.82) is 0 Å². The topological polar surface area (TPSA) is 126 Å². The molecule has 0 unspecified atom stereocenters. The molecule has 1 aromatic carbocycles. The number of ether oxygens (including phenoxy) is 1. The standard InChI is InChI=1S/C23H24N4O6/c28-21(17-6-8-24-9-7-17)19-20(16-2-4-18(5-3-16)27(31)32)26(23(30)22(19)29)11-1-10-25-12-14-33-15-13-25/h2-9,20,28H,1,10-15H2/t20-/m1/s1. The molecule has 2 aliphatic heterocycles. The number of benzene rings is 1. The number of hydrogen-bond donors (Lipinski definition) is 1. The van der Waals surface area contributed by atoms with E-state index in [4.69, 9.17) is 4.74 Å². The number of ketones is 1. The predicted molar refractivity (Wildman–Crippen MR) is 118 cm³/mol. The lowest BCUT2D eigenvalue weighted by Crippen LogP contribution is -2.38. The molecule has 1 atom stereocenters. The molecule has 0 aliphatic carbocycles. The molecule has 33 heavy (non-hydrogen) atoms. The van der Waals surface area contributed by atoms with E-state index in [0.717, 1.165) is 19.6 Å². The van der Waals surface area contributed by atoms with Crippen LogP contribution in [0, 0.1) is 10.1 Å². The Labute approximate surface area is 190 Å². The second kappa shape index (κ2) is 9.88. The normalized spacial score (nSPS) is 20.8. The van der Waals surface area contributed by atoms with Crippen LogP contribution in [0.3, 0.4) is 0 Å². The molecule has 1 N–H and O–H groups in total. The van der Waals surface area contributed by atoms with E-state index < -0.39 is 22.7 Å². The van der Waals surface area contributed by atoms with Gasteiger partial charge in [-0.15, -0.1) is 0 Å². The lowest BCUT2D eigenvalue weighted by Gasteiger charge is -2.29. The number of carbonyl (C=O) groups excluding carboxylic acids is 2. The molecule has 3 heterocycles. The van der Waals surface area contributed by atoms with E-state index in [9.17, 15) is 24.8 Å². The predicted octanol–water partition coefficient (Wildman–Crippen LogP) is 2.13. The Balaban J connectivity index is 1.67. The summed E-state index contributed by atoms with van der Waals surface area (Å²) < 4.78 is 5.36. The molecule has 2 aromatic rings. The first-order valence-electron chi connectivity index (χ1n) is 10.7. The maximum atomic E-state index is 13.0. The van der Waals surface area contributed by atoms with Crippen LogP contribution in [0.15, 0.2) is 54.4 Å². The van der Waals surface area contributed by atoms with Gasteiger partial charge in [0.1, 0.15) is 5.76 Å². The van der Waals surface area contributed by atoms with Gasteiger partial charge in [-0.2, -0.15) is 0 Å². The molecule has 172 valence electrons. The van der Waals surface area contributed by atoms with E-state index in [0.29, 0.717) is 37.3 Å². The maximum absolute atomic E-state index is 13.0. The van der Waals surface area contributed by atoms with Gasteiger partial charge in [-0.05, 0) is 36.2 Å². The summed E-state index contributed by atoms with van der Waals surface area (Å²) in [6.07, 6.45) is 3.59. The summed E-state index contributed by atoms with van der Waals surface area (Å²) in [5.41, 5.74) is 0.744. The summed E-state index contributed by atoms with van der Waals surface area (Å²) in [6.45, 7) is 4.00. The smallest absolute Gasteiger partial charge is 0.295 e. The van der Waals surface area contributed by atoms with E-state index in [1.54, 1.807) is 12.1 Å². The summed E-state index contributed by atoms with van der Waals surface area (Å²) in [4.78, 5) is 44.1. The largest absolute Gasteiger partial charge is 0.507 e. The number of nitro groups is 1. The zero-order valence-electron chi connectivity index (χ0n) is 17.9. The van der Waals surface area contributed by atoms with Crippen molar-refractivity contribution >= 4 is 23.1 Å². The van der Waals surface area contributed by atoms with Crippen molar-refractivity contribution in [2.75, 3.05) is 39.4 Å². The first-order chi connectivity index (χ1) is 16.0. The fraction of sp³-hybridized carbons (Fsp3) is 0.348. The number of nitrogens with zero attached hydrogens (tertiary/aromatic N) is 4. The van der Waals surface area contributed by atoms with Gasteiger partial charge >= 0.3 is 0 Å². The Morgan fingerprint density at radius 1 is 1.09 bits per heavy atom. The molecule has 0 saturated carbocycles. The minimum Gasteiger partial charge on any atom is -0.507 e. The van der Waals surface area contributed by atoms with Crippen LogP contribution in [0.25, 0.3) is 5.76 Å². The zero-order valence-corrected chi connectivity index (χ0v) is 17.9. The minimum atomic E-state index is -0.844. The number of hydrogen-bond acceptors (Lipinski definition) is 8. The van der Waals surface area contributed by atoms with Crippen LogP contribution in [0.1, 0.15) is 23.6 Å². The summed E-state index contributed by atoms with van der Waals surface area (Å²) in [7, 11) is 0. The molecule has 1 aromatic heterocycles. The van der Waals surface area contributed by atoms with Gasteiger partial charge in [0, 0.05) is 56.3 Å². The first kappa shape index (κ1) is 22.6. The number of likely N-dealkylation sites (tertiary alicyclic amines) is 1. The molecule has 10 nitrogen and oxygen atoms in total. The Bertz CT molecular complexity index is 1060. The van der Waals surface area contributed by atoms with E-state index >= 15 is 0 Å². The molecule has 4 rings (SSSR count). The Morgan fingerprint density at radius 2 is 1.76 bits per heavy atom. The number of nitro benzene ring substituents is 1. The number of aliphatic hydroxyl groups excluding tert-OH is 1. The Hall–Kier alpha value is -3.63. The van der Waals surface area contributed by atoms with E-state index in [1.165, 1.54) is 41.6 Å². The quantitative estimate of drug-likeness (QED) is 0.223. The summed E-state index contributed by atoms with van der Waals surface area (Å²) in [5, 5.41) is 22.0. The van der Waals surface area contributed by atoms with Crippen molar-refractivity contribution in [3.05, 3.63) is 75.6 Å². The third-order valence-corrected chi connectivity index (χ3v) is 5.89. The lowest BCUT2D eigenvalue weighted by molar-refractivity contribution is -0.384. The van der Waals surface area contributed by atoms with Crippen LogP contribution in [0.4, 0.5) is 5.69 Å². The SMILES string of the molecule is O=C1C(=O)N(CCCN2CCOCC2)[C@H](c2ccc([N+](=O)[O-])cc2)C1=C(O)c1ccncc1. The fourth-order valence-corrected chi connectivity index (χ4v) is 4.19. The molecule has 2 fully saturated rings. The van der Waals surface area contributed by atoms with E-state index in [1.807, 2.05) is 0 Å². The van der Waals surface area contributed by atoms with Crippen molar-refractivity contribution in [3.8, 4) is 0 Å². The highest BCUT2D eigenvalue weighted by atomic mass is 16.6. The van der Waals surface area contributed by atoms with Crippen LogP contribution in [0.5, 0.6) is 0 Å². The van der Waals surface area contributed by atoms with Crippen molar-refractivity contribution in [1.82, 2.24) is 14.8 Å². The Kier molecular flexibility index (Phi) is 6.76. The van der Waals surface area contributed by atoms with E-state index in [2.05, 4.69) is 9.88 Å². The van der Waals surface area contributed by atoms with Gasteiger partial charge in [-0.1, -0.05) is 0 Å². The third-order valence-electron chi connectivity index (χ3n) is 5.89. The number of amides is 1. The average molecular weight is 452 g/mol. The van der Waals surface area contributed by atoms with E-state index in [-0.39, 0.29) is 17.0 Å². The van der Waals surface area contributed by atoms with Crippen LogP contribution >= 0.6 is 0 Å². The van der Waals surface area contributed by atoms with Gasteiger partial charge < -0.3 is 14.7 Å². The van der Waals surface area contributed by atoms with Crippen LogP contribution in [0.2, 0.25) is 0 Å². The number of carbonyl (C=O) groups is 2. The third kappa shape index (κ3) is 4.76. The maximum Gasteiger partial charge on any atom is 0.295 e. The number of aliphatic hydroxyl groups is 1. The van der Waals surface area contributed by atoms with Gasteiger partial charge in [0.25, 0.3) is 17.4 Å². The fourth-order valence-electron chi connectivity index (χ4n) is 4.19. The van der Waals surface area contributed by atoms with Gasteiger partial charge in [-0.25, -0.2) is 0 Å². The van der Waals surface area contributed by atoms with Crippen molar-refractivity contribution in [2.24, 2.45) is 0 Å². The highest BCUT2D eigenvalue weighted by molar-refractivity contribution is 6.46. The van der Waals surface area contributed by atoms with Crippen molar-refractivity contribution in [3.63, 3.8) is 0 Å². The average Bonchev–Trinajstić information content (AvgIpc) is 3.10. The van der Waals surface area contributed by atoms with Gasteiger partial charge in [0.15, 0.2) is 0 Å². The minimum absolute atomic E-state index is 0.0357. The van der Waals surface area contributed by atoms with Gasteiger partial charge in [0.2, 0.25) is 0 Å². The molecule has 1 amide bonds. The van der Waals surface area contributed by atoms with Crippen LogP contribution in [-0.4, -0.2) is 75.9 Å². The number of non-ortho nitro benzene ring substituents is 1. The van der Waals surface area contributed by atoms with Crippen molar-refractivity contribution < 1.29 is 24.4 Å². The van der Waals surface area contributed by atoms with Crippen LogP contribution < -0.4 is 0 Å². The van der Waals surface area contributed by atoms with Crippen LogP contribution in [-0.2, 0) is 14.3 Å². The van der Waals surface area contributed by atoms with Crippen molar-refractivity contribution in [2.45, 2.75) is 12.5 Å². The molecule has 10 heteroatoms. The first-order valence-corrected chi connectivity index (χ1v) is 10.7. The molecule has 2 saturated heterocycles. The summed E-state index contributed by atoms with van der Waals surface area (Å²) in [5.74, 6) is -1.77. The number of aromatic nitrogens is 1. The van der Waals surface area contributed by atoms with Gasteiger partial charge in [-0.3, -0.25) is 29.6 Å². The number of pyridine rings is 1. The molecular formula is C23H24N4O6. The Morgan fingerprint density at radius 3 is 2.39 bits per heavy atom. The molecule has 0 radical (unpaired) electrons. The number of Topliss-reactive ketones (excluding diaryl/α,β-unsaturated/α-hetero) is 1. The molecule has 0 spiro atoms. The highest BCUT2D eigenvalue weighted by Crippen LogP contribution is 2.39.